The third-order valence-electron chi connectivity index (χ3n) is 5.34. The molecular weight excluding hydrogens is 467 g/mol. The first kappa shape index (κ1) is 24.2. The number of hydrogen-bond donors (Lipinski definition) is 1. The van der Waals surface area contributed by atoms with Crippen molar-refractivity contribution in [3.05, 3.63) is 99.7 Å². The highest BCUT2D eigenvalue weighted by atomic mass is 32.2. The van der Waals surface area contributed by atoms with Gasteiger partial charge in [0.05, 0.1) is 4.91 Å². The van der Waals surface area contributed by atoms with E-state index in [0.717, 1.165) is 33.4 Å². The van der Waals surface area contributed by atoms with Crippen LogP contribution >= 0.6 is 11.8 Å². The van der Waals surface area contributed by atoms with E-state index in [1.165, 1.54) is 12.1 Å². The van der Waals surface area contributed by atoms with Gasteiger partial charge in [-0.2, -0.15) is 0 Å². The maximum Gasteiger partial charge on any atom is 0.294 e. The SMILES string of the molecule is Cc1ccc(C)c(NC(=O)CN2C(=O)S/C(=C\c3ccc(OCc4ccc(F)cc4)cc3)C2=O)c1. The van der Waals surface area contributed by atoms with Crippen molar-refractivity contribution < 1.29 is 23.5 Å². The molecule has 6 nitrogen and oxygen atoms in total. The van der Waals surface area contributed by atoms with E-state index in [1.807, 2.05) is 32.0 Å². The Morgan fingerprint density at radius 2 is 1.74 bits per heavy atom. The smallest absolute Gasteiger partial charge is 0.294 e. The number of nitrogens with one attached hydrogen (secondary N) is 1. The van der Waals surface area contributed by atoms with Gasteiger partial charge in [-0.25, -0.2) is 4.39 Å². The van der Waals surface area contributed by atoms with E-state index in [1.54, 1.807) is 42.5 Å². The maximum atomic E-state index is 13.0. The molecule has 0 atom stereocenters. The van der Waals surface area contributed by atoms with E-state index < -0.39 is 17.1 Å². The summed E-state index contributed by atoms with van der Waals surface area (Å²) in [6, 6.07) is 18.8. The molecule has 35 heavy (non-hydrogen) atoms. The lowest BCUT2D eigenvalue weighted by Crippen LogP contribution is -2.36. The molecule has 0 radical (unpaired) electrons. The van der Waals surface area contributed by atoms with Crippen LogP contribution in [0.3, 0.4) is 0 Å². The monoisotopic (exact) mass is 490 g/mol. The highest BCUT2D eigenvalue weighted by Crippen LogP contribution is 2.32. The fourth-order valence-electron chi connectivity index (χ4n) is 3.40. The minimum absolute atomic E-state index is 0.245. The van der Waals surface area contributed by atoms with Crippen molar-refractivity contribution in [3.8, 4) is 5.75 Å². The number of carbonyl (C=O) groups is 3. The van der Waals surface area contributed by atoms with Gasteiger partial charge in [0.25, 0.3) is 11.1 Å². The van der Waals surface area contributed by atoms with Crippen LogP contribution in [0.1, 0.15) is 22.3 Å². The number of nitrogens with zero attached hydrogens (tertiary/aromatic N) is 1. The molecule has 1 fully saturated rings. The van der Waals surface area contributed by atoms with Crippen LogP contribution in [0.2, 0.25) is 0 Å². The molecule has 178 valence electrons. The van der Waals surface area contributed by atoms with E-state index in [0.29, 0.717) is 23.6 Å². The van der Waals surface area contributed by atoms with Crippen molar-refractivity contribution in [2.24, 2.45) is 0 Å². The molecule has 0 spiro atoms. The summed E-state index contributed by atoms with van der Waals surface area (Å²) < 4.78 is 18.7. The van der Waals surface area contributed by atoms with Gasteiger partial charge in [-0.05, 0) is 84.3 Å². The number of aryl methyl sites for hydroxylation is 2. The summed E-state index contributed by atoms with van der Waals surface area (Å²) in [6.45, 7) is 3.73. The highest BCUT2D eigenvalue weighted by Gasteiger charge is 2.36. The van der Waals surface area contributed by atoms with Gasteiger partial charge in [-0.15, -0.1) is 0 Å². The van der Waals surface area contributed by atoms with Gasteiger partial charge < -0.3 is 10.1 Å². The van der Waals surface area contributed by atoms with Crippen LogP contribution in [-0.4, -0.2) is 28.5 Å². The minimum atomic E-state index is -0.507. The first-order chi connectivity index (χ1) is 16.8. The molecule has 0 aliphatic carbocycles. The molecule has 0 bridgehead atoms. The maximum absolute atomic E-state index is 13.0. The number of benzene rings is 3. The number of rotatable bonds is 7. The van der Waals surface area contributed by atoms with Gasteiger partial charge in [0.15, 0.2) is 0 Å². The summed E-state index contributed by atoms with van der Waals surface area (Å²) in [5, 5.41) is 2.28. The lowest BCUT2D eigenvalue weighted by molar-refractivity contribution is -0.127. The molecule has 1 aliphatic rings. The van der Waals surface area contributed by atoms with Gasteiger partial charge in [0, 0.05) is 5.69 Å². The van der Waals surface area contributed by atoms with Gasteiger partial charge in [-0.3, -0.25) is 19.3 Å². The molecule has 1 N–H and O–H groups in total. The molecule has 1 heterocycles. The zero-order valence-corrected chi connectivity index (χ0v) is 20.0. The van der Waals surface area contributed by atoms with Gasteiger partial charge >= 0.3 is 0 Å². The summed E-state index contributed by atoms with van der Waals surface area (Å²) >= 11 is 0.800. The molecule has 0 saturated carbocycles. The largest absolute Gasteiger partial charge is 0.489 e. The average Bonchev–Trinajstić information content (AvgIpc) is 3.09. The second-order valence-corrected chi connectivity index (χ2v) is 9.11. The van der Waals surface area contributed by atoms with Gasteiger partial charge in [0.1, 0.15) is 24.7 Å². The first-order valence-electron chi connectivity index (χ1n) is 10.9. The van der Waals surface area contributed by atoms with Gasteiger partial charge in [0.2, 0.25) is 5.91 Å². The molecule has 1 aliphatic heterocycles. The van der Waals surface area contributed by atoms with Crippen molar-refractivity contribution in [1.82, 2.24) is 4.90 Å². The Labute approximate surface area is 206 Å². The lowest BCUT2D eigenvalue weighted by atomic mass is 10.1. The quantitative estimate of drug-likeness (QED) is 0.430. The van der Waals surface area contributed by atoms with Crippen LogP contribution in [0, 0.1) is 19.7 Å². The fourth-order valence-corrected chi connectivity index (χ4v) is 4.24. The molecule has 0 unspecified atom stereocenters. The van der Waals surface area contributed by atoms with E-state index in [2.05, 4.69) is 5.32 Å². The summed E-state index contributed by atoms with van der Waals surface area (Å²) in [5.41, 5.74) is 4.09. The van der Waals surface area contributed by atoms with Crippen LogP contribution in [0.4, 0.5) is 14.9 Å². The van der Waals surface area contributed by atoms with Crippen molar-refractivity contribution in [1.29, 1.82) is 0 Å². The van der Waals surface area contributed by atoms with Crippen LogP contribution in [-0.2, 0) is 16.2 Å². The van der Waals surface area contributed by atoms with Crippen LogP contribution in [0.15, 0.2) is 71.6 Å². The molecule has 3 aromatic rings. The molecular formula is C27H23FN2O4S. The second-order valence-electron chi connectivity index (χ2n) is 8.12. The highest BCUT2D eigenvalue weighted by molar-refractivity contribution is 8.18. The zero-order valence-electron chi connectivity index (χ0n) is 19.2. The summed E-state index contributed by atoms with van der Waals surface area (Å²) in [6.07, 6.45) is 1.61. The lowest BCUT2D eigenvalue weighted by Gasteiger charge is -2.14. The summed E-state index contributed by atoms with van der Waals surface area (Å²) in [4.78, 5) is 38.8. The minimum Gasteiger partial charge on any atom is -0.489 e. The van der Waals surface area contributed by atoms with Crippen LogP contribution in [0.25, 0.3) is 6.08 Å². The third-order valence-corrected chi connectivity index (χ3v) is 6.25. The van der Waals surface area contributed by atoms with Crippen molar-refractivity contribution in [2.75, 3.05) is 11.9 Å². The normalized spacial score (nSPS) is 14.5. The predicted octanol–water partition coefficient (Wildman–Crippen LogP) is 5.70. The van der Waals surface area contributed by atoms with Crippen molar-refractivity contribution in [3.63, 3.8) is 0 Å². The number of amides is 3. The Hall–Kier alpha value is -3.91. The Bertz CT molecular complexity index is 1300. The topological polar surface area (TPSA) is 75.7 Å². The first-order valence-corrected chi connectivity index (χ1v) is 11.7. The molecule has 3 aromatic carbocycles. The Kier molecular flexibility index (Phi) is 7.31. The predicted molar refractivity (Wildman–Crippen MR) is 134 cm³/mol. The molecule has 8 heteroatoms. The summed E-state index contributed by atoms with van der Waals surface area (Å²) in [5.74, 6) is -0.634. The van der Waals surface area contributed by atoms with Crippen molar-refractivity contribution in [2.45, 2.75) is 20.5 Å². The number of hydrogen-bond acceptors (Lipinski definition) is 5. The molecule has 0 aromatic heterocycles. The number of carbonyl (C=O) groups excluding carboxylic acids is 3. The molecule has 4 rings (SSSR count). The van der Waals surface area contributed by atoms with Gasteiger partial charge in [-0.1, -0.05) is 36.4 Å². The van der Waals surface area contributed by atoms with E-state index in [9.17, 15) is 18.8 Å². The van der Waals surface area contributed by atoms with Crippen LogP contribution < -0.4 is 10.1 Å². The average molecular weight is 491 g/mol. The van der Waals surface area contributed by atoms with Crippen molar-refractivity contribution >= 4 is 40.6 Å². The number of ether oxygens (including phenoxy) is 1. The number of imide groups is 1. The van der Waals surface area contributed by atoms with Crippen LogP contribution in [0.5, 0.6) is 5.75 Å². The fraction of sp³-hybridized carbons (Fsp3) is 0.148. The third kappa shape index (κ3) is 6.16. The van der Waals surface area contributed by atoms with E-state index >= 15 is 0 Å². The Balaban J connectivity index is 1.36. The molecule has 3 amide bonds. The number of halogens is 1. The summed E-state index contributed by atoms with van der Waals surface area (Å²) in [7, 11) is 0. The standard InChI is InChI=1S/C27H23FN2O4S/c1-17-3-4-18(2)23(13-17)29-25(31)15-30-26(32)24(35-27(30)33)14-19-7-11-22(12-8-19)34-16-20-5-9-21(28)10-6-20/h3-14H,15-16H2,1-2H3,(H,29,31)/b24-14-. The van der Waals surface area contributed by atoms with E-state index in [-0.39, 0.29) is 17.3 Å². The second kappa shape index (κ2) is 10.6. The number of anilines is 1. The zero-order chi connectivity index (χ0) is 24.9. The molecule has 1 saturated heterocycles. The van der Waals surface area contributed by atoms with E-state index in [4.69, 9.17) is 4.74 Å². The Morgan fingerprint density at radius 3 is 2.46 bits per heavy atom. The Morgan fingerprint density at radius 1 is 1.03 bits per heavy atom. The number of thioether (sulfide) groups is 1.